The van der Waals surface area contributed by atoms with E-state index in [1.54, 1.807) is 0 Å². The van der Waals surface area contributed by atoms with Gasteiger partial charge in [-0.25, -0.2) is 8.78 Å². The van der Waals surface area contributed by atoms with Crippen molar-refractivity contribution in [2.75, 3.05) is 6.54 Å². The van der Waals surface area contributed by atoms with Gasteiger partial charge in [-0.05, 0) is 0 Å². The molecule has 1 unspecified atom stereocenters. The van der Waals surface area contributed by atoms with Gasteiger partial charge in [-0.15, -0.1) is 0 Å². The summed E-state index contributed by atoms with van der Waals surface area (Å²) < 4.78 is 24.4. The smallest absolute Gasteiger partial charge is 0.262 e. The molecule has 0 bridgehead atoms. The van der Waals surface area contributed by atoms with Crippen LogP contribution in [0.2, 0.25) is 0 Å². The van der Waals surface area contributed by atoms with Crippen LogP contribution in [-0.4, -0.2) is 24.5 Å². The van der Waals surface area contributed by atoms with Crippen molar-refractivity contribution >= 4 is 5.97 Å². The van der Waals surface area contributed by atoms with Crippen LogP contribution in [-0.2, 0) is 4.79 Å². The number of nitrogens with one attached hydrogen (secondary N) is 1. The van der Waals surface area contributed by atoms with E-state index in [2.05, 4.69) is 5.32 Å². The van der Waals surface area contributed by atoms with Crippen LogP contribution < -0.4 is 10.4 Å². The van der Waals surface area contributed by atoms with Gasteiger partial charge in [0.15, 0.2) is 0 Å². The van der Waals surface area contributed by atoms with Gasteiger partial charge in [0.25, 0.3) is 5.92 Å². The van der Waals surface area contributed by atoms with E-state index in [1.165, 1.54) is 0 Å². The molecule has 0 aliphatic carbocycles. The van der Waals surface area contributed by atoms with E-state index in [0.717, 1.165) is 0 Å². The summed E-state index contributed by atoms with van der Waals surface area (Å²) in [6.07, 6.45) is -0.657. The minimum absolute atomic E-state index is 0.564. The first-order valence-corrected chi connectivity index (χ1v) is 2.83. The van der Waals surface area contributed by atoms with Crippen molar-refractivity contribution in [2.24, 2.45) is 0 Å². The fourth-order valence-electron chi connectivity index (χ4n) is 0.882. The van der Waals surface area contributed by atoms with Crippen molar-refractivity contribution in [1.29, 1.82) is 0 Å². The van der Waals surface area contributed by atoms with E-state index >= 15 is 0 Å². The zero-order valence-corrected chi connectivity index (χ0v) is 5.06. The van der Waals surface area contributed by atoms with Gasteiger partial charge in [0.2, 0.25) is 0 Å². The van der Waals surface area contributed by atoms with E-state index in [9.17, 15) is 18.7 Å². The number of hydrogen-bond donors (Lipinski definition) is 1. The SMILES string of the molecule is O=C([O-])C1CC(F)(F)CN1. The van der Waals surface area contributed by atoms with Crippen LogP contribution in [0.1, 0.15) is 6.42 Å². The number of aliphatic carboxylic acids is 1. The molecular formula is C5H6F2NO2-. The van der Waals surface area contributed by atoms with Crippen LogP contribution in [0.4, 0.5) is 8.78 Å². The minimum Gasteiger partial charge on any atom is -0.548 e. The predicted octanol–water partition coefficient (Wildman–Crippen LogP) is -1.27. The van der Waals surface area contributed by atoms with Gasteiger partial charge >= 0.3 is 0 Å². The molecule has 1 N–H and O–H groups in total. The third kappa shape index (κ3) is 1.41. The Labute approximate surface area is 56.0 Å². The highest BCUT2D eigenvalue weighted by Gasteiger charge is 2.39. The van der Waals surface area contributed by atoms with Gasteiger partial charge in [-0.1, -0.05) is 0 Å². The maximum Gasteiger partial charge on any atom is 0.262 e. The second-order valence-corrected chi connectivity index (χ2v) is 2.31. The van der Waals surface area contributed by atoms with Gasteiger partial charge in [0, 0.05) is 6.42 Å². The Kier molecular flexibility index (Phi) is 1.60. The molecule has 0 aromatic rings. The Balaban J connectivity index is 2.51. The fraction of sp³-hybridized carbons (Fsp3) is 0.800. The maximum absolute atomic E-state index is 12.2. The third-order valence-electron chi connectivity index (χ3n) is 1.39. The molecule has 1 aliphatic rings. The summed E-state index contributed by atoms with van der Waals surface area (Å²) in [5.74, 6) is -4.35. The van der Waals surface area contributed by atoms with Gasteiger partial charge in [0.05, 0.1) is 18.6 Å². The molecule has 0 spiro atoms. The molecule has 10 heavy (non-hydrogen) atoms. The standard InChI is InChI=1S/C5H7F2NO2/c6-5(7)1-3(4(9)10)8-2-5/h3,8H,1-2H2,(H,9,10)/p-1. The first-order valence-electron chi connectivity index (χ1n) is 2.83. The zero-order valence-electron chi connectivity index (χ0n) is 5.06. The Bertz CT molecular complexity index is 160. The average molecular weight is 150 g/mol. The molecule has 1 rings (SSSR count). The molecule has 0 aromatic heterocycles. The van der Waals surface area contributed by atoms with Crippen LogP contribution >= 0.6 is 0 Å². The lowest BCUT2D eigenvalue weighted by Gasteiger charge is -2.09. The lowest BCUT2D eigenvalue weighted by atomic mass is 10.2. The molecule has 0 amide bonds. The van der Waals surface area contributed by atoms with Crippen molar-refractivity contribution in [3.05, 3.63) is 0 Å². The first-order chi connectivity index (χ1) is 4.51. The highest BCUT2D eigenvalue weighted by atomic mass is 19.3. The predicted molar refractivity (Wildman–Crippen MR) is 26.4 cm³/mol. The summed E-state index contributed by atoms with van der Waals surface area (Å²) in [5.41, 5.74) is 0. The highest BCUT2D eigenvalue weighted by molar-refractivity contribution is 5.71. The van der Waals surface area contributed by atoms with Crippen LogP contribution in [0.15, 0.2) is 0 Å². The molecule has 0 saturated carbocycles. The molecule has 58 valence electrons. The topological polar surface area (TPSA) is 52.2 Å². The van der Waals surface area contributed by atoms with E-state index < -0.39 is 30.9 Å². The average Bonchev–Trinajstić information content (AvgIpc) is 2.10. The van der Waals surface area contributed by atoms with Crippen molar-refractivity contribution in [3.8, 4) is 0 Å². The monoisotopic (exact) mass is 150 g/mol. The van der Waals surface area contributed by atoms with Gasteiger partial charge < -0.3 is 15.2 Å². The fourth-order valence-corrected chi connectivity index (χ4v) is 0.882. The number of carbonyl (C=O) groups is 1. The minimum atomic E-state index is -2.88. The molecule has 1 saturated heterocycles. The number of hydrogen-bond acceptors (Lipinski definition) is 3. The van der Waals surface area contributed by atoms with Crippen LogP contribution in [0, 0.1) is 0 Å². The summed E-state index contributed by atoms with van der Waals surface area (Å²) in [5, 5.41) is 12.1. The Morgan fingerprint density at radius 1 is 1.70 bits per heavy atom. The molecular weight excluding hydrogens is 144 g/mol. The van der Waals surface area contributed by atoms with E-state index in [4.69, 9.17) is 0 Å². The van der Waals surface area contributed by atoms with Crippen LogP contribution in [0.3, 0.4) is 0 Å². The van der Waals surface area contributed by atoms with E-state index in [0.29, 0.717) is 0 Å². The number of carboxylic acid groups (broad SMARTS) is 1. The summed E-state index contributed by atoms with van der Waals surface area (Å²) in [6.45, 7) is -0.564. The molecule has 1 atom stereocenters. The Morgan fingerprint density at radius 3 is 2.50 bits per heavy atom. The molecule has 1 heterocycles. The maximum atomic E-state index is 12.2. The summed E-state index contributed by atoms with van der Waals surface area (Å²) in [4.78, 5) is 9.98. The normalized spacial score (nSPS) is 30.4. The van der Waals surface area contributed by atoms with Gasteiger partial charge in [-0.2, -0.15) is 0 Å². The molecule has 1 aliphatic heterocycles. The molecule has 3 nitrogen and oxygen atoms in total. The molecule has 0 aromatic carbocycles. The lowest BCUT2D eigenvalue weighted by Crippen LogP contribution is -2.41. The van der Waals surface area contributed by atoms with Crippen molar-refractivity contribution < 1.29 is 18.7 Å². The Hall–Kier alpha value is -0.710. The second-order valence-electron chi connectivity index (χ2n) is 2.31. The largest absolute Gasteiger partial charge is 0.548 e. The van der Waals surface area contributed by atoms with Crippen molar-refractivity contribution in [2.45, 2.75) is 18.4 Å². The summed E-state index contributed by atoms with van der Waals surface area (Å²) in [7, 11) is 0. The van der Waals surface area contributed by atoms with E-state index in [-0.39, 0.29) is 0 Å². The number of halogens is 2. The lowest BCUT2D eigenvalue weighted by molar-refractivity contribution is -0.308. The van der Waals surface area contributed by atoms with Crippen LogP contribution in [0.5, 0.6) is 0 Å². The number of alkyl halides is 2. The molecule has 5 heteroatoms. The van der Waals surface area contributed by atoms with Crippen molar-refractivity contribution in [1.82, 2.24) is 5.32 Å². The van der Waals surface area contributed by atoms with Gasteiger partial charge in [-0.3, -0.25) is 0 Å². The number of rotatable bonds is 1. The molecule has 1 fully saturated rings. The highest BCUT2D eigenvalue weighted by Crippen LogP contribution is 2.24. The van der Waals surface area contributed by atoms with Crippen LogP contribution in [0.25, 0.3) is 0 Å². The Morgan fingerprint density at radius 2 is 2.30 bits per heavy atom. The summed E-state index contributed by atoms with van der Waals surface area (Å²) in [6, 6.07) is -1.19. The van der Waals surface area contributed by atoms with Gasteiger partial charge in [0.1, 0.15) is 0 Å². The molecule has 0 radical (unpaired) electrons. The third-order valence-corrected chi connectivity index (χ3v) is 1.39. The first kappa shape index (κ1) is 7.40. The second kappa shape index (κ2) is 2.16. The number of carbonyl (C=O) groups excluding carboxylic acids is 1. The van der Waals surface area contributed by atoms with Crippen molar-refractivity contribution in [3.63, 3.8) is 0 Å². The number of carboxylic acids is 1. The quantitative estimate of drug-likeness (QED) is 0.507. The van der Waals surface area contributed by atoms with E-state index in [1.807, 2.05) is 0 Å². The zero-order chi connectivity index (χ0) is 7.78. The summed E-state index contributed by atoms with van der Waals surface area (Å²) >= 11 is 0.